The number of benzene rings is 1. The monoisotopic (exact) mass is 303 g/mol. The molecule has 1 rings (SSSR count). The molecule has 0 aliphatic rings. The highest BCUT2D eigenvalue weighted by atomic mass is 19.4. The van der Waals surface area contributed by atoms with Crippen molar-refractivity contribution in [2.45, 2.75) is 33.0 Å². The van der Waals surface area contributed by atoms with E-state index < -0.39 is 12.7 Å². The lowest BCUT2D eigenvalue weighted by Crippen LogP contribution is -2.42. The van der Waals surface area contributed by atoms with Crippen molar-refractivity contribution >= 4 is 5.78 Å². The molecule has 0 unspecified atom stereocenters. The Balaban J connectivity index is 2.72. The molecule has 6 heteroatoms. The molecule has 0 saturated heterocycles. The first-order chi connectivity index (χ1) is 9.73. The van der Waals surface area contributed by atoms with Gasteiger partial charge < -0.3 is 4.74 Å². The van der Waals surface area contributed by atoms with Crippen LogP contribution in [0.3, 0.4) is 0 Å². The fourth-order valence-corrected chi connectivity index (χ4v) is 1.83. The summed E-state index contributed by atoms with van der Waals surface area (Å²) in [6, 6.07) is 6.05. The average molecular weight is 303 g/mol. The van der Waals surface area contributed by atoms with E-state index in [0.717, 1.165) is 4.90 Å². The summed E-state index contributed by atoms with van der Waals surface area (Å²) in [5.41, 5.74) is 0.381. The molecule has 3 nitrogen and oxygen atoms in total. The fourth-order valence-electron chi connectivity index (χ4n) is 1.83. The molecule has 0 aromatic heterocycles. The number of Topliss-reactive ketones (excluding diaryl/α,β-unsaturated/α-hetero) is 1. The summed E-state index contributed by atoms with van der Waals surface area (Å²) in [6.45, 7) is 4.28. The van der Waals surface area contributed by atoms with Gasteiger partial charge in [0.15, 0.2) is 5.78 Å². The zero-order chi connectivity index (χ0) is 16.0. The molecule has 1 aromatic rings. The molecular formula is C15H20F3NO2. The van der Waals surface area contributed by atoms with Gasteiger partial charge in [0.2, 0.25) is 0 Å². The Kier molecular flexibility index (Phi) is 6.20. The summed E-state index contributed by atoms with van der Waals surface area (Å²) in [7, 11) is 0. The number of ketones is 1. The minimum Gasteiger partial charge on any atom is -0.494 e. The molecule has 1 aromatic carbocycles. The van der Waals surface area contributed by atoms with Crippen LogP contribution in [0.5, 0.6) is 5.75 Å². The van der Waals surface area contributed by atoms with Gasteiger partial charge in [-0.05, 0) is 45.0 Å². The third kappa shape index (κ3) is 6.16. The molecule has 21 heavy (non-hydrogen) atoms. The van der Waals surface area contributed by atoms with E-state index in [2.05, 4.69) is 0 Å². The first kappa shape index (κ1) is 17.5. The number of rotatable bonds is 7. The molecule has 0 fully saturated rings. The minimum absolute atomic E-state index is 0.259. The fraction of sp³-hybridized carbons (Fsp3) is 0.533. The molecule has 0 radical (unpaired) electrons. The molecule has 0 saturated carbocycles. The lowest BCUT2D eigenvalue weighted by Gasteiger charge is -2.26. The summed E-state index contributed by atoms with van der Waals surface area (Å²) in [4.78, 5) is 13.2. The molecule has 0 atom stereocenters. The standard InChI is InChI=1S/C15H20F3NO2/c1-4-21-13-7-5-12(6-8-13)14(20)9-19(11(2)3)10-15(16,17)18/h5-8,11H,4,9-10H2,1-3H3. The van der Waals surface area contributed by atoms with Crippen molar-refractivity contribution in [3.05, 3.63) is 29.8 Å². The Hall–Kier alpha value is -1.56. The zero-order valence-electron chi connectivity index (χ0n) is 12.4. The smallest absolute Gasteiger partial charge is 0.401 e. The van der Waals surface area contributed by atoms with Crippen molar-refractivity contribution in [3.63, 3.8) is 0 Å². The maximum absolute atomic E-state index is 12.5. The van der Waals surface area contributed by atoms with E-state index in [9.17, 15) is 18.0 Å². The van der Waals surface area contributed by atoms with Crippen molar-refractivity contribution in [1.29, 1.82) is 0 Å². The van der Waals surface area contributed by atoms with Gasteiger partial charge in [-0.3, -0.25) is 9.69 Å². The van der Waals surface area contributed by atoms with Crippen LogP contribution < -0.4 is 4.74 Å². The van der Waals surface area contributed by atoms with Crippen LogP contribution in [-0.4, -0.2) is 42.6 Å². The number of nitrogens with zero attached hydrogens (tertiary/aromatic N) is 1. The summed E-state index contributed by atoms with van der Waals surface area (Å²) in [6.07, 6.45) is -4.32. The highest BCUT2D eigenvalue weighted by molar-refractivity contribution is 5.97. The predicted octanol–water partition coefficient (Wildman–Crippen LogP) is 3.54. The molecule has 0 bridgehead atoms. The van der Waals surface area contributed by atoms with Crippen LogP contribution >= 0.6 is 0 Å². The van der Waals surface area contributed by atoms with Crippen molar-refractivity contribution in [3.8, 4) is 5.75 Å². The SMILES string of the molecule is CCOc1ccc(C(=O)CN(CC(F)(F)F)C(C)C)cc1. The van der Waals surface area contributed by atoms with Crippen LogP contribution in [0, 0.1) is 0 Å². The van der Waals surface area contributed by atoms with Crippen LogP contribution in [0.2, 0.25) is 0 Å². The van der Waals surface area contributed by atoms with E-state index in [1.807, 2.05) is 6.92 Å². The highest BCUT2D eigenvalue weighted by Gasteiger charge is 2.32. The van der Waals surface area contributed by atoms with Crippen LogP contribution in [0.15, 0.2) is 24.3 Å². The second kappa shape index (κ2) is 7.45. The Morgan fingerprint density at radius 1 is 1.24 bits per heavy atom. The van der Waals surface area contributed by atoms with E-state index in [1.165, 1.54) is 0 Å². The van der Waals surface area contributed by atoms with Gasteiger partial charge in [0.25, 0.3) is 0 Å². The Morgan fingerprint density at radius 2 is 1.81 bits per heavy atom. The normalized spacial score (nSPS) is 12.0. The first-order valence-electron chi connectivity index (χ1n) is 6.79. The molecule has 0 heterocycles. The van der Waals surface area contributed by atoms with Gasteiger partial charge in [0.1, 0.15) is 5.75 Å². The van der Waals surface area contributed by atoms with Crippen LogP contribution in [-0.2, 0) is 0 Å². The van der Waals surface area contributed by atoms with Crippen molar-refractivity contribution < 1.29 is 22.7 Å². The third-order valence-corrected chi connectivity index (χ3v) is 2.95. The van der Waals surface area contributed by atoms with Gasteiger partial charge in [-0.25, -0.2) is 0 Å². The number of halogens is 3. The number of hydrogen-bond acceptors (Lipinski definition) is 3. The summed E-state index contributed by atoms with van der Waals surface area (Å²) >= 11 is 0. The second-order valence-electron chi connectivity index (χ2n) is 4.99. The van der Waals surface area contributed by atoms with Gasteiger partial charge in [-0.1, -0.05) is 0 Å². The Bertz CT molecular complexity index is 455. The molecule has 118 valence electrons. The second-order valence-corrected chi connectivity index (χ2v) is 4.99. The summed E-state index contributed by atoms with van der Waals surface area (Å²) in [5.74, 6) is 0.293. The van der Waals surface area contributed by atoms with Crippen molar-refractivity contribution in [2.24, 2.45) is 0 Å². The third-order valence-electron chi connectivity index (χ3n) is 2.95. The van der Waals surface area contributed by atoms with Gasteiger partial charge in [0, 0.05) is 11.6 Å². The van der Waals surface area contributed by atoms with E-state index in [4.69, 9.17) is 4.74 Å². The first-order valence-corrected chi connectivity index (χ1v) is 6.79. The predicted molar refractivity (Wildman–Crippen MR) is 74.7 cm³/mol. The Labute approximate surface area is 122 Å². The molecule has 0 amide bonds. The number of ether oxygens (including phenoxy) is 1. The van der Waals surface area contributed by atoms with E-state index in [0.29, 0.717) is 17.9 Å². The van der Waals surface area contributed by atoms with Crippen LogP contribution in [0.1, 0.15) is 31.1 Å². The average Bonchev–Trinajstić information content (AvgIpc) is 2.37. The molecule has 0 spiro atoms. The van der Waals surface area contributed by atoms with Gasteiger partial charge >= 0.3 is 6.18 Å². The number of carbonyl (C=O) groups is 1. The van der Waals surface area contributed by atoms with Crippen molar-refractivity contribution in [2.75, 3.05) is 19.7 Å². The van der Waals surface area contributed by atoms with Crippen LogP contribution in [0.25, 0.3) is 0 Å². The van der Waals surface area contributed by atoms with E-state index in [1.54, 1.807) is 38.1 Å². The zero-order valence-corrected chi connectivity index (χ0v) is 12.4. The molecule has 0 aliphatic heterocycles. The highest BCUT2D eigenvalue weighted by Crippen LogP contribution is 2.19. The molecule has 0 N–H and O–H groups in total. The topological polar surface area (TPSA) is 29.5 Å². The van der Waals surface area contributed by atoms with Crippen molar-refractivity contribution in [1.82, 2.24) is 4.90 Å². The largest absolute Gasteiger partial charge is 0.494 e. The van der Waals surface area contributed by atoms with Gasteiger partial charge in [-0.15, -0.1) is 0 Å². The maximum Gasteiger partial charge on any atom is 0.401 e. The molecular weight excluding hydrogens is 283 g/mol. The van der Waals surface area contributed by atoms with Gasteiger partial charge in [0.05, 0.1) is 19.7 Å². The Morgan fingerprint density at radius 3 is 2.24 bits per heavy atom. The number of alkyl halides is 3. The maximum atomic E-state index is 12.5. The molecule has 0 aliphatic carbocycles. The van der Waals surface area contributed by atoms with E-state index >= 15 is 0 Å². The number of carbonyl (C=O) groups excluding carboxylic acids is 1. The van der Waals surface area contributed by atoms with Gasteiger partial charge in [-0.2, -0.15) is 13.2 Å². The minimum atomic E-state index is -4.32. The summed E-state index contributed by atoms with van der Waals surface area (Å²) < 4.78 is 42.7. The lowest BCUT2D eigenvalue weighted by molar-refractivity contribution is -0.148. The number of hydrogen-bond donors (Lipinski definition) is 0. The summed E-state index contributed by atoms with van der Waals surface area (Å²) in [5, 5.41) is 0. The van der Waals surface area contributed by atoms with E-state index in [-0.39, 0.29) is 18.4 Å². The lowest BCUT2D eigenvalue weighted by atomic mass is 10.1. The quantitative estimate of drug-likeness (QED) is 0.722. The van der Waals surface area contributed by atoms with Crippen LogP contribution in [0.4, 0.5) is 13.2 Å².